The smallest absolute Gasteiger partial charge is 0.0720 e. The highest BCUT2D eigenvalue weighted by Crippen LogP contribution is 2.34. The van der Waals surface area contributed by atoms with E-state index < -0.39 is 0 Å². The fraction of sp³-hybridized carbons (Fsp3) is 0.471. The maximum Gasteiger partial charge on any atom is 0.0720 e. The van der Waals surface area contributed by atoms with Crippen LogP contribution in [0.2, 0.25) is 0 Å². The highest BCUT2D eigenvalue weighted by molar-refractivity contribution is 5.13. The Morgan fingerprint density at radius 2 is 2.00 bits per heavy atom. The van der Waals surface area contributed by atoms with E-state index in [0.29, 0.717) is 12.1 Å². The summed E-state index contributed by atoms with van der Waals surface area (Å²) in [5.41, 5.74) is 2.60. The number of hydrogen-bond donors (Lipinski definition) is 0. The Hall–Kier alpha value is -1.61. The van der Waals surface area contributed by atoms with Crippen molar-refractivity contribution in [3.63, 3.8) is 0 Å². The molecule has 1 aliphatic rings. The van der Waals surface area contributed by atoms with Gasteiger partial charge in [0.1, 0.15) is 0 Å². The summed E-state index contributed by atoms with van der Waals surface area (Å²) >= 11 is 0. The van der Waals surface area contributed by atoms with Gasteiger partial charge in [-0.3, -0.25) is 4.68 Å². The van der Waals surface area contributed by atoms with Crippen LogP contribution in [0.1, 0.15) is 43.4 Å². The monoisotopic (exact) mass is 270 g/mol. The first kappa shape index (κ1) is 13.4. The Kier molecular flexibility index (Phi) is 4.16. The first-order chi connectivity index (χ1) is 9.85. The minimum atomic E-state index is 0.388. The van der Waals surface area contributed by atoms with E-state index in [1.54, 1.807) is 0 Å². The zero-order valence-corrected chi connectivity index (χ0v) is 12.0. The van der Waals surface area contributed by atoms with Crippen LogP contribution in [0.4, 0.5) is 0 Å². The van der Waals surface area contributed by atoms with Gasteiger partial charge in [-0.25, -0.2) is 0 Å². The van der Waals surface area contributed by atoms with E-state index >= 15 is 0 Å². The van der Waals surface area contributed by atoms with Crippen molar-refractivity contribution in [1.29, 1.82) is 0 Å². The molecule has 1 fully saturated rings. The summed E-state index contributed by atoms with van der Waals surface area (Å²) in [6.45, 7) is 2.92. The molecule has 3 heteroatoms. The van der Waals surface area contributed by atoms with Crippen LogP contribution in [0.3, 0.4) is 0 Å². The minimum absolute atomic E-state index is 0.388. The molecule has 0 spiro atoms. The Morgan fingerprint density at radius 1 is 1.20 bits per heavy atom. The lowest BCUT2D eigenvalue weighted by molar-refractivity contribution is -0.0383. The lowest BCUT2D eigenvalue weighted by Crippen LogP contribution is -2.33. The number of nitrogens with zero attached hydrogens (tertiary/aromatic N) is 2. The van der Waals surface area contributed by atoms with Gasteiger partial charge in [-0.2, -0.15) is 5.10 Å². The number of aromatic nitrogens is 2. The maximum absolute atomic E-state index is 5.93. The molecule has 106 valence electrons. The number of rotatable bonds is 6. The van der Waals surface area contributed by atoms with Crippen LogP contribution in [-0.4, -0.2) is 15.9 Å². The quantitative estimate of drug-likeness (QED) is 0.799. The third-order valence-corrected chi connectivity index (χ3v) is 3.97. The van der Waals surface area contributed by atoms with Gasteiger partial charge in [0.2, 0.25) is 0 Å². The lowest BCUT2D eigenvalue weighted by Gasteiger charge is -2.35. The van der Waals surface area contributed by atoms with Crippen molar-refractivity contribution in [2.45, 2.75) is 51.4 Å². The summed E-state index contributed by atoms with van der Waals surface area (Å²) in [5.74, 6) is 0. The molecule has 1 saturated carbocycles. The van der Waals surface area contributed by atoms with Gasteiger partial charge in [-0.15, -0.1) is 0 Å². The van der Waals surface area contributed by atoms with Crippen LogP contribution in [0, 0.1) is 0 Å². The van der Waals surface area contributed by atoms with Crippen LogP contribution >= 0.6 is 0 Å². The molecule has 0 N–H and O–H groups in total. The largest absolute Gasteiger partial charge is 0.373 e. The maximum atomic E-state index is 5.93. The second-order valence-electron chi connectivity index (χ2n) is 5.62. The summed E-state index contributed by atoms with van der Waals surface area (Å²) < 4.78 is 8.05. The van der Waals surface area contributed by atoms with Crippen molar-refractivity contribution in [2.75, 3.05) is 0 Å². The number of aryl methyl sites for hydroxylation is 1. The molecule has 1 aromatic heterocycles. The number of ether oxygens (including phenoxy) is 1. The molecule has 0 atom stereocenters. The van der Waals surface area contributed by atoms with Gasteiger partial charge in [0.05, 0.1) is 24.9 Å². The predicted molar refractivity (Wildman–Crippen MR) is 79.5 cm³/mol. The second-order valence-corrected chi connectivity index (χ2v) is 5.62. The standard InChI is InChI=1S/C17H22N2O/c1-2-6-15-11-18-19(12-15)16-9-17(10-16)20-13-14-7-4-3-5-8-14/h3-5,7-8,11-12,16-17H,2,6,9-10,13H2,1H3. The molecule has 1 aliphatic carbocycles. The molecular formula is C17H22N2O. The summed E-state index contributed by atoms with van der Waals surface area (Å²) in [4.78, 5) is 0. The van der Waals surface area contributed by atoms with E-state index in [9.17, 15) is 0 Å². The normalized spacial score (nSPS) is 21.6. The zero-order valence-electron chi connectivity index (χ0n) is 12.0. The fourth-order valence-corrected chi connectivity index (χ4v) is 2.67. The van der Waals surface area contributed by atoms with Crippen LogP contribution in [0.15, 0.2) is 42.7 Å². The predicted octanol–water partition coefficient (Wildman–Crippen LogP) is 3.76. The molecule has 1 heterocycles. The van der Waals surface area contributed by atoms with Crippen molar-refractivity contribution in [3.05, 3.63) is 53.9 Å². The summed E-state index contributed by atoms with van der Waals surface area (Å²) in [5, 5.41) is 4.47. The van der Waals surface area contributed by atoms with E-state index in [-0.39, 0.29) is 0 Å². The van der Waals surface area contributed by atoms with Gasteiger partial charge in [-0.1, -0.05) is 43.7 Å². The molecule has 0 radical (unpaired) electrons. The summed E-state index contributed by atoms with van der Waals surface area (Å²) in [7, 11) is 0. The van der Waals surface area contributed by atoms with E-state index in [2.05, 4.69) is 47.2 Å². The summed E-state index contributed by atoms with van der Waals surface area (Å²) in [6.07, 6.45) is 9.06. The van der Waals surface area contributed by atoms with Gasteiger partial charge in [0.25, 0.3) is 0 Å². The molecule has 0 aliphatic heterocycles. The van der Waals surface area contributed by atoms with Gasteiger partial charge in [0.15, 0.2) is 0 Å². The minimum Gasteiger partial charge on any atom is -0.373 e. The van der Waals surface area contributed by atoms with Crippen LogP contribution in [0.5, 0.6) is 0 Å². The van der Waals surface area contributed by atoms with Crippen molar-refractivity contribution in [3.8, 4) is 0 Å². The highest BCUT2D eigenvalue weighted by Gasteiger charge is 2.31. The van der Waals surface area contributed by atoms with E-state index in [4.69, 9.17) is 4.74 Å². The Balaban J connectivity index is 1.44. The van der Waals surface area contributed by atoms with Crippen LogP contribution < -0.4 is 0 Å². The fourth-order valence-electron chi connectivity index (χ4n) is 2.67. The average molecular weight is 270 g/mol. The van der Waals surface area contributed by atoms with E-state index in [1.807, 2.05) is 12.3 Å². The topological polar surface area (TPSA) is 27.1 Å². The Labute approximate surface area is 120 Å². The first-order valence-corrected chi connectivity index (χ1v) is 7.53. The molecule has 1 aromatic carbocycles. The average Bonchev–Trinajstić information content (AvgIpc) is 2.87. The number of hydrogen-bond acceptors (Lipinski definition) is 2. The number of benzene rings is 1. The second kappa shape index (κ2) is 6.23. The van der Waals surface area contributed by atoms with Crippen LogP contribution in [-0.2, 0) is 17.8 Å². The highest BCUT2D eigenvalue weighted by atomic mass is 16.5. The van der Waals surface area contributed by atoms with Gasteiger partial charge < -0.3 is 4.74 Å². The van der Waals surface area contributed by atoms with Crippen molar-refractivity contribution in [2.24, 2.45) is 0 Å². The first-order valence-electron chi connectivity index (χ1n) is 7.53. The van der Waals surface area contributed by atoms with E-state index in [0.717, 1.165) is 25.9 Å². The van der Waals surface area contributed by atoms with Crippen molar-refractivity contribution < 1.29 is 4.74 Å². The van der Waals surface area contributed by atoms with Crippen LogP contribution in [0.25, 0.3) is 0 Å². The summed E-state index contributed by atoms with van der Waals surface area (Å²) in [6, 6.07) is 10.9. The molecule has 20 heavy (non-hydrogen) atoms. The van der Waals surface area contributed by atoms with E-state index in [1.165, 1.54) is 17.5 Å². The van der Waals surface area contributed by atoms with Crippen molar-refractivity contribution in [1.82, 2.24) is 9.78 Å². The zero-order chi connectivity index (χ0) is 13.8. The van der Waals surface area contributed by atoms with Gasteiger partial charge in [-0.05, 0) is 30.4 Å². The molecule has 3 nitrogen and oxygen atoms in total. The van der Waals surface area contributed by atoms with Gasteiger partial charge >= 0.3 is 0 Å². The SMILES string of the molecule is CCCc1cnn(C2CC(OCc3ccccc3)C2)c1. The third kappa shape index (κ3) is 3.10. The van der Waals surface area contributed by atoms with Gasteiger partial charge in [0, 0.05) is 6.20 Å². The molecule has 0 unspecified atom stereocenters. The lowest BCUT2D eigenvalue weighted by atomic mass is 9.89. The molecule has 0 amide bonds. The van der Waals surface area contributed by atoms with Crippen molar-refractivity contribution >= 4 is 0 Å². The third-order valence-electron chi connectivity index (χ3n) is 3.97. The Bertz CT molecular complexity index is 529. The Morgan fingerprint density at radius 3 is 2.75 bits per heavy atom. The molecular weight excluding hydrogens is 248 g/mol. The molecule has 0 saturated heterocycles. The molecule has 3 rings (SSSR count). The molecule has 2 aromatic rings. The molecule has 0 bridgehead atoms.